The minimum atomic E-state index is -0.441. The van der Waals surface area contributed by atoms with E-state index in [4.69, 9.17) is 4.74 Å². The molecule has 2 aliphatic heterocycles. The van der Waals surface area contributed by atoms with Crippen molar-refractivity contribution in [3.8, 4) is 0 Å². The average Bonchev–Trinajstić information content (AvgIpc) is 2.84. The summed E-state index contributed by atoms with van der Waals surface area (Å²) in [7, 11) is 0. The highest BCUT2D eigenvalue weighted by molar-refractivity contribution is 5.68. The van der Waals surface area contributed by atoms with Crippen LogP contribution in [0.2, 0.25) is 0 Å². The number of piperidine rings is 1. The first-order valence-electron chi connectivity index (χ1n) is 8.86. The van der Waals surface area contributed by atoms with Crippen LogP contribution in [-0.2, 0) is 4.74 Å². The molecule has 0 aliphatic carbocycles. The van der Waals surface area contributed by atoms with E-state index in [9.17, 15) is 4.79 Å². The van der Waals surface area contributed by atoms with Crippen LogP contribution in [0.3, 0.4) is 0 Å². The molecule has 0 saturated carbocycles. The molecule has 0 spiro atoms. The molecule has 0 aromatic heterocycles. The minimum Gasteiger partial charge on any atom is -0.444 e. The van der Waals surface area contributed by atoms with Crippen LogP contribution in [0.4, 0.5) is 4.79 Å². The fourth-order valence-electron chi connectivity index (χ4n) is 3.55. The van der Waals surface area contributed by atoms with Crippen molar-refractivity contribution >= 4 is 6.09 Å². The molecule has 0 aromatic carbocycles. The lowest BCUT2D eigenvalue weighted by molar-refractivity contribution is 0.0501. The normalized spacial score (nSPS) is 27.3. The van der Waals surface area contributed by atoms with Crippen LogP contribution in [0.5, 0.6) is 0 Å². The molecule has 0 radical (unpaired) electrons. The molecular formula is C17H33N3O2. The highest BCUT2D eigenvalue weighted by Gasteiger charge is 2.35. The molecule has 2 rings (SSSR count). The van der Waals surface area contributed by atoms with E-state index in [1.54, 1.807) is 0 Å². The first-order valence-corrected chi connectivity index (χ1v) is 8.86. The standard InChI is InChI=1S/C17H33N3O2/c1-5-13(19-16(21)22-17(2,3)4)12-18-14-9-11-20-10-7-6-8-15(14)20/h13-15,18H,5-12H2,1-4H3,(H,19,21). The second-order valence-electron chi connectivity index (χ2n) is 7.65. The maximum atomic E-state index is 11.9. The van der Waals surface area contributed by atoms with Gasteiger partial charge in [-0.15, -0.1) is 0 Å². The molecule has 2 N–H and O–H groups in total. The first-order chi connectivity index (χ1) is 10.4. The molecule has 2 heterocycles. The third-order valence-corrected chi connectivity index (χ3v) is 4.70. The maximum absolute atomic E-state index is 11.9. The zero-order valence-corrected chi connectivity index (χ0v) is 14.7. The Morgan fingerprint density at radius 3 is 2.73 bits per heavy atom. The second-order valence-corrected chi connectivity index (χ2v) is 7.65. The molecule has 2 fully saturated rings. The number of nitrogens with zero attached hydrogens (tertiary/aromatic N) is 1. The van der Waals surface area contributed by atoms with Crippen LogP contribution >= 0.6 is 0 Å². The number of nitrogens with one attached hydrogen (secondary N) is 2. The Kier molecular flexibility index (Phi) is 6.09. The Labute approximate surface area is 135 Å². The SMILES string of the molecule is CCC(CNC1CCN2CCCCC12)NC(=O)OC(C)(C)C. The van der Waals surface area contributed by atoms with E-state index in [0.29, 0.717) is 12.1 Å². The lowest BCUT2D eigenvalue weighted by Gasteiger charge is -2.33. The number of amides is 1. The summed E-state index contributed by atoms with van der Waals surface area (Å²) in [6, 6.07) is 1.41. The number of alkyl carbamates (subject to hydrolysis) is 1. The smallest absolute Gasteiger partial charge is 0.407 e. The Balaban J connectivity index is 1.75. The molecule has 2 saturated heterocycles. The zero-order valence-electron chi connectivity index (χ0n) is 14.7. The quantitative estimate of drug-likeness (QED) is 0.819. The summed E-state index contributed by atoms with van der Waals surface area (Å²) in [6.07, 6.45) is 5.84. The van der Waals surface area contributed by atoms with Crippen LogP contribution in [0, 0.1) is 0 Å². The number of rotatable bonds is 5. The summed E-state index contributed by atoms with van der Waals surface area (Å²) >= 11 is 0. The van der Waals surface area contributed by atoms with E-state index >= 15 is 0 Å². The second kappa shape index (κ2) is 7.64. The van der Waals surface area contributed by atoms with Crippen LogP contribution in [0.1, 0.15) is 59.8 Å². The van der Waals surface area contributed by atoms with E-state index in [1.165, 1.54) is 38.8 Å². The van der Waals surface area contributed by atoms with Gasteiger partial charge in [-0.2, -0.15) is 0 Å². The summed E-state index contributed by atoms with van der Waals surface area (Å²) in [6.45, 7) is 11.1. The molecule has 3 atom stereocenters. The van der Waals surface area contributed by atoms with Gasteiger partial charge < -0.3 is 15.4 Å². The topological polar surface area (TPSA) is 53.6 Å². The van der Waals surface area contributed by atoms with Crippen molar-refractivity contribution in [3.05, 3.63) is 0 Å². The molecule has 1 amide bonds. The number of carbonyl (C=O) groups is 1. The monoisotopic (exact) mass is 311 g/mol. The van der Waals surface area contributed by atoms with Crippen molar-refractivity contribution < 1.29 is 9.53 Å². The molecular weight excluding hydrogens is 278 g/mol. The van der Waals surface area contributed by atoms with E-state index < -0.39 is 5.60 Å². The predicted octanol–water partition coefficient (Wildman–Crippen LogP) is 2.51. The zero-order chi connectivity index (χ0) is 16.2. The van der Waals surface area contributed by atoms with Crippen LogP contribution in [0.25, 0.3) is 0 Å². The number of hydrogen-bond acceptors (Lipinski definition) is 4. The van der Waals surface area contributed by atoms with Gasteiger partial charge in [0.25, 0.3) is 0 Å². The van der Waals surface area contributed by atoms with Crippen molar-refractivity contribution in [1.29, 1.82) is 0 Å². The molecule has 5 heteroatoms. The van der Waals surface area contributed by atoms with Gasteiger partial charge in [0.2, 0.25) is 0 Å². The number of ether oxygens (including phenoxy) is 1. The number of carbonyl (C=O) groups excluding carboxylic acids is 1. The van der Waals surface area contributed by atoms with Gasteiger partial charge in [0, 0.05) is 31.2 Å². The summed E-state index contributed by atoms with van der Waals surface area (Å²) < 4.78 is 5.34. The number of hydrogen-bond donors (Lipinski definition) is 2. The first kappa shape index (κ1) is 17.5. The molecule has 5 nitrogen and oxygen atoms in total. The van der Waals surface area contributed by atoms with Crippen molar-refractivity contribution in [1.82, 2.24) is 15.5 Å². The lowest BCUT2D eigenvalue weighted by atomic mass is 9.99. The van der Waals surface area contributed by atoms with Crippen LogP contribution < -0.4 is 10.6 Å². The largest absolute Gasteiger partial charge is 0.444 e. The summed E-state index contributed by atoms with van der Waals surface area (Å²) in [5, 5.41) is 6.67. The lowest BCUT2D eigenvalue weighted by Crippen LogP contribution is -2.50. The Morgan fingerprint density at radius 1 is 1.27 bits per heavy atom. The van der Waals surface area contributed by atoms with Gasteiger partial charge in [0.15, 0.2) is 0 Å². The highest BCUT2D eigenvalue weighted by atomic mass is 16.6. The molecule has 2 aliphatic rings. The van der Waals surface area contributed by atoms with E-state index in [0.717, 1.165) is 13.0 Å². The minimum absolute atomic E-state index is 0.132. The molecule has 128 valence electrons. The van der Waals surface area contributed by atoms with Crippen LogP contribution in [0.15, 0.2) is 0 Å². The third kappa shape index (κ3) is 5.13. The van der Waals surface area contributed by atoms with Gasteiger partial charge in [0.05, 0.1) is 0 Å². The average molecular weight is 311 g/mol. The van der Waals surface area contributed by atoms with E-state index in [2.05, 4.69) is 22.5 Å². The summed E-state index contributed by atoms with van der Waals surface area (Å²) in [5.74, 6) is 0. The Bertz CT molecular complexity index is 367. The van der Waals surface area contributed by atoms with Gasteiger partial charge >= 0.3 is 6.09 Å². The fraction of sp³-hybridized carbons (Fsp3) is 0.941. The Hall–Kier alpha value is -0.810. The van der Waals surface area contributed by atoms with Gasteiger partial charge in [-0.3, -0.25) is 4.90 Å². The van der Waals surface area contributed by atoms with Crippen molar-refractivity contribution in [3.63, 3.8) is 0 Å². The third-order valence-electron chi connectivity index (χ3n) is 4.70. The van der Waals surface area contributed by atoms with E-state index in [-0.39, 0.29) is 12.1 Å². The van der Waals surface area contributed by atoms with Crippen LogP contribution in [-0.4, -0.2) is 54.4 Å². The van der Waals surface area contributed by atoms with Gasteiger partial charge in [-0.1, -0.05) is 13.3 Å². The fourth-order valence-corrected chi connectivity index (χ4v) is 3.55. The summed E-state index contributed by atoms with van der Waals surface area (Å²) in [4.78, 5) is 14.5. The molecule has 0 bridgehead atoms. The molecule has 22 heavy (non-hydrogen) atoms. The van der Waals surface area contributed by atoms with Crippen molar-refractivity contribution in [2.45, 2.75) is 83.5 Å². The predicted molar refractivity (Wildman–Crippen MR) is 89.1 cm³/mol. The maximum Gasteiger partial charge on any atom is 0.407 e. The summed E-state index contributed by atoms with van der Waals surface area (Å²) in [5.41, 5.74) is -0.441. The van der Waals surface area contributed by atoms with Gasteiger partial charge in [-0.25, -0.2) is 4.79 Å². The van der Waals surface area contributed by atoms with Crippen molar-refractivity contribution in [2.24, 2.45) is 0 Å². The van der Waals surface area contributed by atoms with E-state index in [1.807, 2.05) is 20.8 Å². The Morgan fingerprint density at radius 2 is 2.05 bits per heavy atom. The van der Waals surface area contributed by atoms with Crippen molar-refractivity contribution in [2.75, 3.05) is 19.6 Å². The highest BCUT2D eigenvalue weighted by Crippen LogP contribution is 2.27. The van der Waals surface area contributed by atoms with Gasteiger partial charge in [-0.05, 0) is 53.0 Å². The molecule has 3 unspecified atom stereocenters. The number of fused-ring (bicyclic) bond motifs is 1. The molecule has 0 aromatic rings. The van der Waals surface area contributed by atoms with Gasteiger partial charge in [0.1, 0.15) is 5.60 Å².